The normalized spacial score (nSPS) is 18.3. The number of allylic oxidation sites excluding steroid dienone is 2. The molecule has 4 rings (SSSR count). The van der Waals surface area contributed by atoms with Gasteiger partial charge in [-0.25, -0.2) is 17.6 Å². The Hall–Kier alpha value is -2.88. The predicted molar refractivity (Wildman–Crippen MR) is 135 cm³/mol. The molecular formula is C31H32F4. The van der Waals surface area contributed by atoms with Gasteiger partial charge in [0.05, 0.1) is 0 Å². The van der Waals surface area contributed by atoms with E-state index in [0.29, 0.717) is 34.6 Å². The summed E-state index contributed by atoms with van der Waals surface area (Å²) in [6.07, 6.45) is 9.79. The SMILES string of the molecule is C/C=C\CCCc1ccc(-c2ccc(-c3ccc(C4CCC(C)CC4)c(F)c3F)cc2)c(F)c1F. The molecule has 0 bridgehead atoms. The molecule has 0 nitrogen and oxygen atoms in total. The molecule has 0 amide bonds. The summed E-state index contributed by atoms with van der Waals surface area (Å²) in [5.74, 6) is -2.65. The summed E-state index contributed by atoms with van der Waals surface area (Å²) in [7, 11) is 0. The van der Waals surface area contributed by atoms with E-state index in [2.05, 4.69) is 6.92 Å². The maximum atomic E-state index is 15.0. The Kier molecular flexibility index (Phi) is 8.10. The molecule has 0 aromatic heterocycles. The van der Waals surface area contributed by atoms with E-state index in [1.807, 2.05) is 19.1 Å². The third-order valence-corrected chi connectivity index (χ3v) is 7.29. The van der Waals surface area contributed by atoms with E-state index < -0.39 is 23.3 Å². The first-order valence-electron chi connectivity index (χ1n) is 12.6. The zero-order valence-corrected chi connectivity index (χ0v) is 20.4. The Morgan fingerprint density at radius 3 is 1.89 bits per heavy atom. The fourth-order valence-corrected chi connectivity index (χ4v) is 5.09. The van der Waals surface area contributed by atoms with Crippen molar-refractivity contribution < 1.29 is 17.6 Å². The van der Waals surface area contributed by atoms with E-state index >= 15 is 4.39 Å². The maximum absolute atomic E-state index is 15.0. The van der Waals surface area contributed by atoms with Crippen LogP contribution in [0.3, 0.4) is 0 Å². The van der Waals surface area contributed by atoms with Crippen molar-refractivity contribution in [2.24, 2.45) is 5.92 Å². The lowest BCUT2D eigenvalue weighted by atomic mass is 9.79. The number of aryl methyl sites for hydroxylation is 1. The van der Waals surface area contributed by atoms with Gasteiger partial charge in [0.2, 0.25) is 0 Å². The summed E-state index contributed by atoms with van der Waals surface area (Å²) < 4.78 is 59.4. The van der Waals surface area contributed by atoms with Crippen LogP contribution >= 0.6 is 0 Å². The van der Waals surface area contributed by atoms with Crippen molar-refractivity contribution in [1.82, 2.24) is 0 Å². The average Bonchev–Trinajstić information content (AvgIpc) is 2.87. The largest absolute Gasteiger partial charge is 0.203 e. The van der Waals surface area contributed by atoms with E-state index in [4.69, 9.17) is 0 Å². The van der Waals surface area contributed by atoms with Gasteiger partial charge < -0.3 is 0 Å². The van der Waals surface area contributed by atoms with Crippen LogP contribution in [0.4, 0.5) is 17.6 Å². The molecule has 3 aromatic rings. The number of hydrogen-bond donors (Lipinski definition) is 0. The standard InChI is InChI=1S/C31H32F4/c1-3-4-5-6-7-24-16-17-25(29(33)28(24)32)22-12-14-23(15-13-22)27-19-18-26(30(34)31(27)35)21-10-8-20(2)9-11-21/h3-4,12-21H,5-11H2,1-2H3/b4-3-. The smallest absolute Gasteiger partial charge is 0.166 e. The molecule has 1 aliphatic rings. The minimum atomic E-state index is -0.885. The van der Waals surface area contributed by atoms with Crippen molar-refractivity contribution in [1.29, 1.82) is 0 Å². The Bertz CT molecular complexity index is 1190. The van der Waals surface area contributed by atoms with Gasteiger partial charge in [0.1, 0.15) is 0 Å². The zero-order chi connectivity index (χ0) is 24.9. The molecule has 0 aliphatic heterocycles. The quantitative estimate of drug-likeness (QED) is 0.179. The van der Waals surface area contributed by atoms with Gasteiger partial charge in [0.15, 0.2) is 23.3 Å². The van der Waals surface area contributed by atoms with Crippen LogP contribution < -0.4 is 0 Å². The number of unbranched alkanes of at least 4 members (excludes halogenated alkanes) is 1. The molecule has 1 aliphatic carbocycles. The van der Waals surface area contributed by atoms with Crippen molar-refractivity contribution in [2.75, 3.05) is 0 Å². The van der Waals surface area contributed by atoms with Gasteiger partial charge in [-0.3, -0.25) is 0 Å². The Morgan fingerprint density at radius 1 is 0.714 bits per heavy atom. The van der Waals surface area contributed by atoms with Crippen molar-refractivity contribution in [3.05, 3.63) is 95.1 Å². The third kappa shape index (κ3) is 5.52. The molecule has 3 aromatic carbocycles. The second kappa shape index (κ2) is 11.2. The van der Waals surface area contributed by atoms with E-state index in [9.17, 15) is 13.2 Å². The molecular weight excluding hydrogens is 448 g/mol. The fraction of sp³-hybridized carbons (Fsp3) is 0.355. The molecule has 0 radical (unpaired) electrons. The van der Waals surface area contributed by atoms with Crippen molar-refractivity contribution in [3.63, 3.8) is 0 Å². The van der Waals surface area contributed by atoms with E-state index in [-0.39, 0.29) is 17.0 Å². The summed E-state index contributed by atoms with van der Waals surface area (Å²) in [5, 5.41) is 0. The van der Waals surface area contributed by atoms with Crippen LogP contribution in [0.25, 0.3) is 22.3 Å². The summed E-state index contributed by atoms with van der Waals surface area (Å²) in [4.78, 5) is 0. The summed E-state index contributed by atoms with van der Waals surface area (Å²) in [6.45, 7) is 4.12. The molecule has 184 valence electrons. The van der Waals surface area contributed by atoms with Crippen LogP contribution in [0.1, 0.15) is 69.4 Å². The Balaban J connectivity index is 1.54. The average molecular weight is 481 g/mol. The van der Waals surface area contributed by atoms with Crippen LogP contribution in [0, 0.1) is 29.2 Å². The van der Waals surface area contributed by atoms with Crippen LogP contribution in [0.5, 0.6) is 0 Å². The topological polar surface area (TPSA) is 0 Å². The molecule has 0 atom stereocenters. The van der Waals surface area contributed by atoms with E-state index in [1.54, 1.807) is 48.5 Å². The number of rotatable bonds is 7. The minimum Gasteiger partial charge on any atom is -0.203 e. The number of halogens is 4. The third-order valence-electron chi connectivity index (χ3n) is 7.29. The first-order valence-corrected chi connectivity index (χ1v) is 12.6. The predicted octanol–water partition coefficient (Wildman–Crippen LogP) is 9.77. The molecule has 1 saturated carbocycles. The monoisotopic (exact) mass is 480 g/mol. The fourth-order valence-electron chi connectivity index (χ4n) is 5.09. The lowest BCUT2D eigenvalue weighted by Gasteiger charge is -2.27. The molecule has 0 N–H and O–H groups in total. The Labute approximate surface area is 205 Å². The van der Waals surface area contributed by atoms with Crippen LogP contribution in [0.15, 0.2) is 60.7 Å². The van der Waals surface area contributed by atoms with Crippen LogP contribution in [-0.2, 0) is 6.42 Å². The highest BCUT2D eigenvalue weighted by Crippen LogP contribution is 2.39. The first-order chi connectivity index (χ1) is 16.9. The highest BCUT2D eigenvalue weighted by Gasteiger charge is 2.25. The lowest BCUT2D eigenvalue weighted by Crippen LogP contribution is -2.13. The highest BCUT2D eigenvalue weighted by atomic mass is 19.2. The van der Waals surface area contributed by atoms with Gasteiger partial charge in [-0.2, -0.15) is 0 Å². The van der Waals surface area contributed by atoms with Crippen molar-refractivity contribution in [2.45, 2.75) is 64.7 Å². The molecule has 4 heteroatoms. The number of benzene rings is 3. The van der Waals surface area contributed by atoms with Crippen molar-refractivity contribution >= 4 is 0 Å². The molecule has 0 spiro atoms. The maximum Gasteiger partial charge on any atom is 0.166 e. The van der Waals surface area contributed by atoms with Gasteiger partial charge >= 0.3 is 0 Å². The van der Waals surface area contributed by atoms with Crippen molar-refractivity contribution in [3.8, 4) is 22.3 Å². The van der Waals surface area contributed by atoms with Gasteiger partial charge in [-0.05, 0) is 73.1 Å². The van der Waals surface area contributed by atoms with Gasteiger partial charge in [0.25, 0.3) is 0 Å². The van der Waals surface area contributed by atoms with Crippen LogP contribution in [0.2, 0.25) is 0 Å². The van der Waals surface area contributed by atoms with Crippen LogP contribution in [-0.4, -0.2) is 0 Å². The van der Waals surface area contributed by atoms with Gasteiger partial charge in [0, 0.05) is 11.1 Å². The molecule has 0 unspecified atom stereocenters. The lowest BCUT2D eigenvalue weighted by molar-refractivity contribution is 0.339. The van der Waals surface area contributed by atoms with E-state index in [0.717, 1.165) is 38.5 Å². The summed E-state index contributed by atoms with van der Waals surface area (Å²) in [6, 6.07) is 13.0. The second-order valence-corrected chi connectivity index (χ2v) is 9.73. The zero-order valence-electron chi connectivity index (χ0n) is 20.4. The highest BCUT2D eigenvalue weighted by molar-refractivity contribution is 5.71. The summed E-state index contributed by atoms with van der Waals surface area (Å²) >= 11 is 0. The van der Waals surface area contributed by atoms with Gasteiger partial charge in [-0.15, -0.1) is 0 Å². The van der Waals surface area contributed by atoms with E-state index in [1.165, 1.54) is 0 Å². The first kappa shape index (κ1) is 25.2. The molecule has 0 heterocycles. The number of hydrogen-bond acceptors (Lipinski definition) is 0. The molecule has 0 saturated heterocycles. The van der Waals surface area contributed by atoms with Gasteiger partial charge in [-0.1, -0.05) is 80.4 Å². The second-order valence-electron chi connectivity index (χ2n) is 9.73. The Morgan fingerprint density at radius 2 is 1.29 bits per heavy atom. The minimum absolute atomic E-state index is 0.0566. The molecule has 1 fully saturated rings. The summed E-state index contributed by atoms with van der Waals surface area (Å²) in [5.41, 5.74) is 2.12. The molecule has 35 heavy (non-hydrogen) atoms.